The van der Waals surface area contributed by atoms with Crippen molar-refractivity contribution >= 4 is 17.4 Å². The summed E-state index contributed by atoms with van der Waals surface area (Å²) in [4.78, 5) is 19.1. The summed E-state index contributed by atoms with van der Waals surface area (Å²) in [6.07, 6.45) is 10.00. The molecule has 5 heteroatoms. The number of fused-ring (bicyclic) bond motifs is 2. The summed E-state index contributed by atoms with van der Waals surface area (Å²) in [6, 6.07) is 5.68. The van der Waals surface area contributed by atoms with Crippen molar-refractivity contribution in [1.29, 1.82) is 0 Å². The van der Waals surface area contributed by atoms with E-state index in [1.807, 2.05) is 58.0 Å². The number of hydrogen-bond donors (Lipinski definition) is 1. The van der Waals surface area contributed by atoms with Crippen molar-refractivity contribution in [2.24, 2.45) is 10.7 Å². The summed E-state index contributed by atoms with van der Waals surface area (Å²) in [5, 5.41) is 0. The minimum atomic E-state index is -1.08. The number of amides is 1. The van der Waals surface area contributed by atoms with Crippen molar-refractivity contribution < 1.29 is 9.53 Å². The molecule has 0 bridgehead atoms. The van der Waals surface area contributed by atoms with Gasteiger partial charge in [-0.3, -0.25) is 9.69 Å². The van der Waals surface area contributed by atoms with Crippen molar-refractivity contribution in [3.63, 3.8) is 0 Å². The van der Waals surface area contributed by atoms with E-state index in [0.717, 1.165) is 16.7 Å². The number of aliphatic imine (C=N–C) groups is 1. The number of carbonyl (C=O) groups excluding carboxylic acids is 1. The van der Waals surface area contributed by atoms with E-state index in [1.165, 1.54) is 4.90 Å². The van der Waals surface area contributed by atoms with E-state index in [9.17, 15) is 4.79 Å². The number of rotatable bonds is 2. The topological polar surface area (TPSA) is 67.9 Å². The Bertz CT molecular complexity index is 943. The van der Waals surface area contributed by atoms with Gasteiger partial charge in [-0.15, -0.1) is 6.42 Å². The molecule has 1 aromatic rings. The molecule has 2 aliphatic heterocycles. The van der Waals surface area contributed by atoms with Gasteiger partial charge in [-0.2, -0.15) is 0 Å². The standard InChI is InChI=1S/C22H25N3O2/c1-7-15(9-8-14(2)3)16-10-11-18-17(12-16)22(13-21(4,5)27-18)19(26)25(6)20(23)24-22/h1,8-12H,13H2,2-6H3,(H2,23,24)/b15-9+. The van der Waals surface area contributed by atoms with E-state index in [4.69, 9.17) is 16.9 Å². The van der Waals surface area contributed by atoms with E-state index < -0.39 is 11.1 Å². The molecule has 0 saturated heterocycles. The second-order valence-electron chi connectivity index (χ2n) is 7.91. The maximum Gasteiger partial charge on any atom is 0.261 e. The first-order valence-corrected chi connectivity index (χ1v) is 8.89. The Kier molecular flexibility index (Phi) is 4.39. The first-order valence-electron chi connectivity index (χ1n) is 8.89. The van der Waals surface area contributed by atoms with Gasteiger partial charge >= 0.3 is 0 Å². The lowest BCUT2D eigenvalue weighted by atomic mass is 9.77. The highest BCUT2D eigenvalue weighted by Gasteiger charge is 2.55. The molecule has 3 rings (SSSR count). The molecule has 27 heavy (non-hydrogen) atoms. The van der Waals surface area contributed by atoms with Gasteiger partial charge in [0.05, 0.1) is 0 Å². The van der Waals surface area contributed by atoms with Crippen LogP contribution >= 0.6 is 0 Å². The van der Waals surface area contributed by atoms with E-state index in [1.54, 1.807) is 7.05 Å². The molecule has 5 nitrogen and oxygen atoms in total. The second kappa shape index (κ2) is 6.31. The van der Waals surface area contributed by atoms with Crippen LogP contribution in [-0.4, -0.2) is 29.4 Å². The van der Waals surface area contributed by atoms with Crippen LogP contribution in [0, 0.1) is 12.3 Å². The van der Waals surface area contributed by atoms with Crippen LogP contribution in [0.1, 0.15) is 45.2 Å². The number of guanidine groups is 1. The zero-order chi connectivity index (χ0) is 20.0. The lowest BCUT2D eigenvalue weighted by molar-refractivity contribution is -0.133. The average Bonchev–Trinajstić information content (AvgIpc) is 2.79. The number of benzene rings is 1. The number of nitrogens with two attached hydrogens (primary N) is 1. The molecule has 2 heterocycles. The highest BCUT2D eigenvalue weighted by molar-refractivity contribution is 6.07. The van der Waals surface area contributed by atoms with Crippen molar-refractivity contribution in [3.8, 4) is 18.1 Å². The monoisotopic (exact) mass is 363 g/mol. The zero-order valence-corrected chi connectivity index (χ0v) is 16.5. The van der Waals surface area contributed by atoms with E-state index in [0.29, 0.717) is 17.7 Å². The normalized spacial score (nSPS) is 23.4. The van der Waals surface area contributed by atoms with Crippen LogP contribution in [0.15, 0.2) is 40.9 Å². The quantitative estimate of drug-likeness (QED) is 0.648. The molecule has 1 aromatic carbocycles. The minimum absolute atomic E-state index is 0.148. The molecular formula is C22H25N3O2. The van der Waals surface area contributed by atoms with Crippen LogP contribution in [0.5, 0.6) is 5.75 Å². The Labute approximate surface area is 160 Å². The van der Waals surface area contributed by atoms with Gasteiger partial charge < -0.3 is 10.5 Å². The Balaban J connectivity index is 2.21. The third-order valence-electron chi connectivity index (χ3n) is 4.85. The number of nitrogens with zero attached hydrogens (tertiary/aromatic N) is 2. The maximum atomic E-state index is 13.1. The molecule has 0 aliphatic carbocycles. The molecular weight excluding hydrogens is 338 g/mol. The van der Waals surface area contributed by atoms with E-state index in [-0.39, 0.29) is 11.9 Å². The van der Waals surface area contributed by atoms with Crippen LogP contribution in [0.25, 0.3) is 5.57 Å². The van der Waals surface area contributed by atoms with Gasteiger partial charge in [-0.1, -0.05) is 23.6 Å². The highest BCUT2D eigenvalue weighted by atomic mass is 16.5. The summed E-state index contributed by atoms with van der Waals surface area (Å²) >= 11 is 0. The highest BCUT2D eigenvalue weighted by Crippen LogP contribution is 2.49. The predicted octanol–water partition coefficient (Wildman–Crippen LogP) is 3.21. The maximum absolute atomic E-state index is 13.1. The molecule has 1 unspecified atom stereocenters. The lowest BCUT2D eigenvalue weighted by Gasteiger charge is -2.41. The van der Waals surface area contributed by atoms with Crippen molar-refractivity contribution in [2.45, 2.75) is 45.3 Å². The third kappa shape index (κ3) is 3.12. The Morgan fingerprint density at radius 1 is 1.37 bits per heavy atom. The Hall–Kier alpha value is -3.00. The molecule has 1 spiro atoms. The molecule has 0 aromatic heterocycles. The fraction of sp³-hybridized carbons (Fsp3) is 0.364. The molecule has 140 valence electrons. The zero-order valence-electron chi connectivity index (χ0n) is 16.5. The minimum Gasteiger partial charge on any atom is -0.487 e. The summed E-state index contributed by atoms with van der Waals surface area (Å²) in [7, 11) is 1.64. The smallest absolute Gasteiger partial charge is 0.261 e. The number of carbonyl (C=O) groups is 1. The van der Waals surface area contributed by atoms with E-state index in [2.05, 4.69) is 10.9 Å². The summed E-state index contributed by atoms with van der Waals surface area (Å²) < 4.78 is 6.13. The van der Waals surface area contributed by atoms with Gasteiger partial charge in [0.15, 0.2) is 11.5 Å². The molecule has 1 amide bonds. The summed E-state index contributed by atoms with van der Waals surface area (Å²) in [5.41, 5.74) is 7.78. The van der Waals surface area contributed by atoms with Gasteiger partial charge in [0.25, 0.3) is 5.91 Å². The first kappa shape index (κ1) is 18.8. The molecule has 2 aliphatic rings. The fourth-order valence-electron chi connectivity index (χ4n) is 3.62. The van der Waals surface area contributed by atoms with Gasteiger partial charge in [0, 0.05) is 24.6 Å². The van der Waals surface area contributed by atoms with Gasteiger partial charge in [0.1, 0.15) is 11.4 Å². The van der Waals surface area contributed by atoms with Crippen molar-refractivity contribution in [3.05, 3.63) is 47.1 Å². The Morgan fingerprint density at radius 2 is 2.07 bits per heavy atom. The van der Waals surface area contributed by atoms with Crippen LogP contribution in [-0.2, 0) is 10.3 Å². The number of hydrogen-bond acceptors (Lipinski definition) is 4. The summed E-state index contributed by atoms with van der Waals surface area (Å²) in [5.74, 6) is 3.42. The molecule has 0 fully saturated rings. The first-order chi connectivity index (χ1) is 12.6. The molecule has 0 radical (unpaired) electrons. The predicted molar refractivity (Wildman–Crippen MR) is 108 cm³/mol. The number of likely N-dealkylation sites (N-methyl/N-ethyl adjacent to an activating group) is 1. The number of ether oxygens (including phenoxy) is 1. The van der Waals surface area contributed by atoms with Crippen molar-refractivity contribution in [1.82, 2.24) is 4.90 Å². The lowest BCUT2D eigenvalue weighted by Crippen LogP contribution is -2.49. The SMILES string of the molecule is C#C/C(=C\C=C(C)C)c1ccc2c(c1)C1(CC(C)(C)O2)N=C(N)N(C)C1=O. The summed E-state index contributed by atoms with van der Waals surface area (Å²) in [6.45, 7) is 7.91. The second-order valence-corrected chi connectivity index (χ2v) is 7.91. The van der Waals surface area contributed by atoms with Crippen LogP contribution < -0.4 is 10.5 Å². The number of terminal acetylenes is 1. The average molecular weight is 363 g/mol. The van der Waals surface area contributed by atoms with E-state index >= 15 is 0 Å². The molecule has 2 N–H and O–H groups in total. The number of allylic oxidation sites excluding steroid dienone is 4. The van der Waals surface area contributed by atoms with Crippen LogP contribution in [0.4, 0.5) is 0 Å². The largest absolute Gasteiger partial charge is 0.487 e. The van der Waals surface area contributed by atoms with Gasteiger partial charge in [-0.25, -0.2) is 4.99 Å². The molecule has 1 atom stereocenters. The Morgan fingerprint density at radius 3 is 2.63 bits per heavy atom. The van der Waals surface area contributed by atoms with Crippen LogP contribution in [0.3, 0.4) is 0 Å². The fourth-order valence-corrected chi connectivity index (χ4v) is 3.62. The third-order valence-corrected chi connectivity index (χ3v) is 4.85. The van der Waals surface area contributed by atoms with Crippen molar-refractivity contribution in [2.75, 3.05) is 7.05 Å². The van der Waals surface area contributed by atoms with Gasteiger partial charge in [-0.05, 0) is 51.5 Å². The van der Waals surface area contributed by atoms with Gasteiger partial charge in [0.2, 0.25) is 0 Å². The van der Waals surface area contributed by atoms with Crippen LogP contribution in [0.2, 0.25) is 0 Å². The molecule has 0 saturated carbocycles.